The number of carbonyl (C=O) groups is 1. The Hall–Kier alpha value is -0.570. The van der Waals surface area contributed by atoms with E-state index in [1.165, 1.54) is 0 Å². The van der Waals surface area contributed by atoms with Crippen molar-refractivity contribution >= 4 is 5.97 Å². The third-order valence-electron chi connectivity index (χ3n) is 2.38. The minimum atomic E-state index is -0.517. The molecule has 2 fully saturated rings. The van der Waals surface area contributed by atoms with Crippen LogP contribution < -0.4 is 0 Å². The summed E-state index contributed by atoms with van der Waals surface area (Å²) in [5, 5.41) is 0. The zero-order valence-electron chi connectivity index (χ0n) is 6.63. The summed E-state index contributed by atoms with van der Waals surface area (Å²) in [6, 6.07) is 0. The molecule has 0 aromatic rings. The molecule has 0 N–H and O–H groups in total. The van der Waals surface area contributed by atoms with Gasteiger partial charge in [-0.3, -0.25) is 0 Å². The van der Waals surface area contributed by atoms with E-state index >= 15 is 0 Å². The number of ether oxygens (including phenoxy) is 2. The molecular weight excluding hydrogens is 144 g/mol. The first-order valence-electron chi connectivity index (χ1n) is 4.13. The SMILES string of the molecule is CC1OC2(CCCC2)OC1=O. The van der Waals surface area contributed by atoms with Crippen LogP contribution in [0.3, 0.4) is 0 Å². The van der Waals surface area contributed by atoms with E-state index in [0.29, 0.717) is 0 Å². The first-order chi connectivity index (χ1) is 5.22. The van der Waals surface area contributed by atoms with Crippen molar-refractivity contribution in [2.24, 2.45) is 0 Å². The number of hydrogen-bond acceptors (Lipinski definition) is 3. The molecule has 1 aliphatic carbocycles. The van der Waals surface area contributed by atoms with Crippen molar-refractivity contribution in [3.8, 4) is 0 Å². The maximum atomic E-state index is 11.0. The molecule has 3 heteroatoms. The van der Waals surface area contributed by atoms with Gasteiger partial charge in [-0.2, -0.15) is 0 Å². The average molecular weight is 156 g/mol. The Morgan fingerprint density at radius 1 is 1.45 bits per heavy atom. The molecule has 0 aromatic heterocycles. The Morgan fingerprint density at radius 3 is 2.55 bits per heavy atom. The van der Waals surface area contributed by atoms with Gasteiger partial charge in [0.25, 0.3) is 0 Å². The fourth-order valence-corrected chi connectivity index (χ4v) is 1.79. The van der Waals surface area contributed by atoms with Gasteiger partial charge in [0.05, 0.1) is 0 Å². The van der Waals surface area contributed by atoms with Crippen molar-refractivity contribution in [2.75, 3.05) is 0 Å². The molecule has 1 spiro atoms. The lowest BCUT2D eigenvalue weighted by Crippen LogP contribution is -2.26. The second-order valence-electron chi connectivity index (χ2n) is 3.30. The van der Waals surface area contributed by atoms with E-state index in [2.05, 4.69) is 0 Å². The molecule has 0 radical (unpaired) electrons. The van der Waals surface area contributed by atoms with Crippen LogP contribution in [-0.2, 0) is 14.3 Å². The van der Waals surface area contributed by atoms with E-state index in [9.17, 15) is 4.79 Å². The molecule has 11 heavy (non-hydrogen) atoms. The van der Waals surface area contributed by atoms with Gasteiger partial charge in [-0.05, 0) is 19.8 Å². The lowest BCUT2D eigenvalue weighted by Gasteiger charge is -2.19. The highest BCUT2D eigenvalue weighted by Crippen LogP contribution is 2.39. The summed E-state index contributed by atoms with van der Waals surface area (Å²) in [5.74, 6) is -0.719. The monoisotopic (exact) mass is 156 g/mol. The number of rotatable bonds is 0. The summed E-state index contributed by atoms with van der Waals surface area (Å²) in [4.78, 5) is 11.0. The highest BCUT2D eigenvalue weighted by molar-refractivity contribution is 5.76. The number of hydrogen-bond donors (Lipinski definition) is 0. The van der Waals surface area contributed by atoms with Crippen LogP contribution in [0, 0.1) is 0 Å². The van der Waals surface area contributed by atoms with Gasteiger partial charge in [-0.15, -0.1) is 0 Å². The molecule has 1 saturated carbocycles. The molecule has 1 heterocycles. The van der Waals surface area contributed by atoms with Gasteiger partial charge in [0.1, 0.15) is 0 Å². The predicted molar refractivity (Wildman–Crippen MR) is 37.8 cm³/mol. The van der Waals surface area contributed by atoms with Gasteiger partial charge in [-0.25, -0.2) is 4.79 Å². The minimum Gasteiger partial charge on any atom is -0.431 e. The third-order valence-corrected chi connectivity index (χ3v) is 2.38. The van der Waals surface area contributed by atoms with Crippen LogP contribution in [-0.4, -0.2) is 17.9 Å². The molecule has 0 bridgehead atoms. The molecule has 2 rings (SSSR count). The third kappa shape index (κ3) is 1.03. The molecule has 1 atom stereocenters. The fourth-order valence-electron chi connectivity index (χ4n) is 1.79. The van der Waals surface area contributed by atoms with Crippen molar-refractivity contribution in [1.82, 2.24) is 0 Å². The lowest BCUT2D eigenvalue weighted by molar-refractivity contribution is -0.172. The first-order valence-corrected chi connectivity index (χ1v) is 4.13. The minimum absolute atomic E-state index is 0.202. The Labute approximate surface area is 65.7 Å². The van der Waals surface area contributed by atoms with E-state index in [-0.39, 0.29) is 12.1 Å². The Balaban J connectivity index is 2.12. The van der Waals surface area contributed by atoms with Crippen LogP contribution in [0.2, 0.25) is 0 Å². The van der Waals surface area contributed by atoms with E-state index in [4.69, 9.17) is 9.47 Å². The zero-order valence-corrected chi connectivity index (χ0v) is 6.63. The van der Waals surface area contributed by atoms with Crippen LogP contribution >= 0.6 is 0 Å². The predicted octanol–water partition coefficient (Wildman–Crippen LogP) is 1.22. The van der Waals surface area contributed by atoms with Gasteiger partial charge in [0.15, 0.2) is 6.10 Å². The Bertz CT molecular complexity index is 182. The summed E-state index contributed by atoms with van der Waals surface area (Å²) in [6.07, 6.45) is 3.62. The Morgan fingerprint density at radius 2 is 2.09 bits per heavy atom. The normalized spacial score (nSPS) is 34.6. The molecule has 1 saturated heterocycles. The Kier molecular flexibility index (Phi) is 1.42. The maximum Gasteiger partial charge on any atom is 0.337 e. The summed E-state index contributed by atoms with van der Waals surface area (Å²) in [7, 11) is 0. The quantitative estimate of drug-likeness (QED) is 0.495. The van der Waals surface area contributed by atoms with Crippen molar-refractivity contribution < 1.29 is 14.3 Å². The van der Waals surface area contributed by atoms with Crippen LogP contribution in [0.4, 0.5) is 0 Å². The van der Waals surface area contributed by atoms with E-state index < -0.39 is 5.79 Å². The topological polar surface area (TPSA) is 35.5 Å². The van der Waals surface area contributed by atoms with E-state index in [0.717, 1.165) is 25.7 Å². The molecular formula is C8H12O3. The summed E-state index contributed by atoms with van der Waals surface area (Å²) in [5.41, 5.74) is 0. The maximum absolute atomic E-state index is 11.0. The van der Waals surface area contributed by atoms with E-state index in [1.54, 1.807) is 6.92 Å². The second kappa shape index (κ2) is 2.21. The van der Waals surface area contributed by atoms with Crippen LogP contribution in [0.25, 0.3) is 0 Å². The number of carbonyl (C=O) groups excluding carboxylic acids is 1. The molecule has 2 aliphatic rings. The second-order valence-corrected chi connectivity index (χ2v) is 3.30. The highest BCUT2D eigenvalue weighted by atomic mass is 16.8. The summed E-state index contributed by atoms with van der Waals surface area (Å²) in [6.45, 7) is 1.75. The highest BCUT2D eigenvalue weighted by Gasteiger charge is 2.47. The van der Waals surface area contributed by atoms with Crippen molar-refractivity contribution in [2.45, 2.75) is 44.5 Å². The zero-order chi connectivity index (χ0) is 7.90. The summed E-state index contributed by atoms with van der Waals surface area (Å²) >= 11 is 0. The smallest absolute Gasteiger partial charge is 0.337 e. The molecule has 1 aliphatic heterocycles. The van der Waals surface area contributed by atoms with Crippen molar-refractivity contribution in [1.29, 1.82) is 0 Å². The van der Waals surface area contributed by atoms with Gasteiger partial charge < -0.3 is 9.47 Å². The molecule has 62 valence electrons. The number of esters is 1. The first kappa shape index (κ1) is 7.10. The molecule has 0 aromatic carbocycles. The van der Waals surface area contributed by atoms with Gasteiger partial charge in [0, 0.05) is 12.8 Å². The van der Waals surface area contributed by atoms with Crippen molar-refractivity contribution in [3.63, 3.8) is 0 Å². The molecule has 1 unspecified atom stereocenters. The van der Waals surface area contributed by atoms with Gasteiger partial charge in [0.2, 0.25) is 5.79 Å². The average Bonchev–Trinajstić information content (AvgIpc) is 2.46. The lowest BCUT2D eigenvalue weighted by atomic mass is 10.2. The fraction of sp³-hybridized carbons (Fsp3) is 0.875. The van der Waals surface area contributed by atoms with Crippen LogP contribution in [0.15, 0.2) is 0 Å². The van der Waals surface area contributed by atoms with Gasteiger partial charge in [-0.1, -0.05) is 0 Å². The van der Waals surface area contributed by atoms with Crippen LogP contribution in [0.5, 0.6) is 0 Å². The van der Waals surface area contributed by atoms with E-state index in [1.807, 2.05) is 0 Å². The molecule has 0 amide bonds. The largest absolute Gasteiger partial charge is 0.431 e. The molecule has 3 nitrogen and oxygen atoms in total. The van der Waals surface area contributed by atoms with Gasteiger partial charge >= 0.3 is 5.97 Å². The standard InChI is InChI=1S/C8H12O3/c1-6-7(9)11-8(10-6)4-2-3-5-8/h6H,2-5H2,1H3. The van der Waals surface area contributed by atoms with Crippen molar-refractivity contribution in [3.05, 3.63) is 0 Å². The summed E-state index contributed by atoms with van der Waals surface area (Å²) < 4.78 is 10.6. The van der Waals surface area contributed by atoms with Crippen LogP contribution in [0.1, 0.15) is 32.6 Å².